The van der Waals surface area contributed by atoms with Crippen molar-refractivity contribution in [1.29, 1.82) is 0 Å². The molecule has 21 heavy (non-hydrogen) atoms. The molecule has 0 bridgehead atoms. The summed E-state index contributed by atoms with van der Waals surface area (Å²) in [5.41, 5.74) is 0.0312. The monoisotopic (exact) mass is 358 g/mol. The van der Waals surface area contributed by atoms with E-state index in [-0.39, 0.29) is 11.4 Å². The number of alkyl halides is 3. The number of halogens is 4. The van der Waals surface area contributed by atoms with E-state index in [1.54, 1.807) is 6.07 Å². The van der Waals surface area contributed by atoms with Crippen molar-refractivity contribution in [2.75, 3.05) is 5.32 Å². The van der Waals surface area contributed by atoms with Crippen molar-refractivity contribution in [3.8, 4) is 5.75 Å². The number of anilines is 1. The van der Waals surface area contributed by atoms with Gasteiger partial charge in [-0.25, -0.2) is 0 Å². The Hall–Kier alpha value is -2.02. The third-order valence-corrected chi connectivity index (χ3v) is 3.34. The summed E-state index contributed by atoms with van der Waals surface area (Å²) in [6.07, 6.45) is -1.42. The van der Waals surface area contributed by atoms with Gasteiger partial charge in [0.05, 0.1) is 11.3 Å². The molecule has 0 aliphatic carbocycles. The molecular formula is C14H10BrF3N2O. The second kappa shape index (κ2) is 5.77. The van der Waals surface area contributed by atoms with E-state index in [4.69, 9.17) is 0 Å². The molecule has 2 rings (SSSR count). The van der Waals surface area contributed by atoms with Gasteiger partial charge in [-0.3, -0.25) is 4.98 Å². The molecule has 0 saturated heterocycles. The van der Waals surface area contributed by atoms with Crippen molar-refractivity contribution in [2.45, 2.75) is 6.18 Å². The number of nitrogens with zero attached hydrogens (tertiary/aromatic N) is 1. The minimum Gasteiger partial charge on any atom is -0.506 e. The van der Waals surface area contributed by atoms with Crippen LogP contribution in [0.5, 0.6) is 5.75 Å². The molecule has 0 spiro atoms. The first-order chi connectivity index (χ1) is 9.79. The summed E-state index contributed by atoms with van der Waals surface area (Å²) in [4.78, 5) is 3.88. The summed E-state index contributed by atoms with van der Waals surface area (Å²) in [5.74, 6) is -0.297. The molecule has 7 heteroatoms. The molecule has 0 unspecified atom stereocenters. The third-order valence-electron chi connectivity index (χ3n) is 2.71. The Morgan fingerprint density at radius 1 is 1.29 bits per heavy atom. The first-order valence-electron chi connectivity index (χ1n) is 5.75. The summed E-state index contributed by atoms with van der Waals surface area (Å²) < 4.78 is 38.7. The molecule has 0 aliphatic rings. The minimum atomic E-state index is -4.48. The molecule has 0 radical (unpaired) electrons. The third kappa shape index (κ3) is 3.55. The van der Waals surface area contributed by atoms with Crippen LogP contribution < -0.4 is 5.32 Å². The summed E-state index contributed by atoms with van der Waals surface area (Å²) in [7, 11) is 0. The number of nitrogens with one attached hydrogen (secondary N) is 1. The average Bonchev–Trinajstić information content (AvgIpc) is 2.40. The number of rotatable bonds is 3. The van der Waals surface area contributed by atoms with Gasteiger partial charge in [0.15, 0.2) is 0 Å². The average molecular weight is 359 g/mol. The molecule has 2 N–H and O–H groups in total. The Kier molecular flexibility index (Phi) is 4.22. The summed E-state index contributed by atoms with van der Waals surface area (Å²) >= 11 is 3.27. The number of phenols is 1. The zero-order valence-electron chi connectivity index (χ0n) is 10.6. The van der Waals surface area contributed by atoms with Gasteiger partial charge >= 0.3 is 6.18 Å². The Labute approximate surface area is 127 Å². The van der Waals surface area contributed by atoms with Crippen molar-refractivity contribution in [2.24, 2.45) is 0 Å². The van der Waals surface area contributed by atoms with E-state index >= 15 is 0 Å². The van der Waals surface area contributed by atoms with Crippen molar-refractivity contribution in [1.82, 2.24) is 4.98 Å². The predicted octanol–water partition coefficient (Wildman–Crippen LogP) is 4.65. The molecule has 2 aromatic rings. The Morgan fingerprint density at radius 2 is 2.00 bits per heavy atom. The maximum atomic E-state index is 12.7. The fraction of sp³-hybridized carbons (Fsp3) is 0.0714. The maximum Gasteiger partial charge on any atom is 0.416 e. The smallest absolute Gasteiger partial charge is 0.416 e. The van der Waals surface area contributed by atoms with Crippen molar-refractivity contribution < 1.29 is 18.3 Å². The van der Waals surface area contributed by atoms with Crippen LogP contribution >= 0.6 is 15.9 Å². The molecule has 1 aromatic carbocycles. The SMILES string of the molecule is C=C(Nc1cc(C(F)(F)F)ccc1O)c1ccncc1Br. The van der Waals surface area contributed by atoms with Gasteiger partial charge in [-0.1, -0.05) is 6.58 Å². The van der Waals surface area contributed by atoms with Crippen LogP contribution in [0.15, 0.2) is 47.7 Å². The highest BCUT2D eigenvalue weighted by molar-refractivity contribution is 9.10. The number of aromatic nitrogens is 1. The lowest BCUT2D eigenvalue weighted by molar-refractivity contribution is -0.137. The van der Waals surface area contributed by atoms with Crippen LogP contribution in [0, 0.1) is 0 Å². The molecule has 0 aliphatic heterocycles. The Balaban J connectivity index is 2.31. The van der Waals surface area contributed by atoms with Crippen LogP contribution in [0.1, 0.15) is 11.1 Å². The van der Waals surface area contributed by atoms with Crippen LogP contribution in [-0.2, 0) is 6.18 Å². The van der Waals surface area contributed by atoms with Crippen molar-refractivity contribution in [3.05, 3.63) is 58.8 Å². The Morgan fingerprint density at radius 3 is 2.62 bits per heavy atom. The topological polar surface area (TPSA) is 45.1 Å². The summed E-state index contributed by atoms with van der Waals surface area (Å²) in [6.45, 7) is 3.75. The largest absolute Gasteiger partial charge is 0.506 e. The van der Waals surface area contributed by atoms with Gasteiger partial charge in [0, 0.05) is 28.1 Å². The lowest BCUT2D eigenvalue weighted by atomic mass is 10.1. The standard InChI is InChI=1S/C14H10BrF3N2O/c1-8(10-4-5-19-7-11(10)15)20-12-6-9(14(16,17)18)2-3-13(12)21/h2-7,20-21H,1H2. The van der Waals surface area contributed by atoms with E-state index in [2.05, 4.69) is 32.8 Å². The lowest BCUT2D eigenvalue weighted by Crippen LogP contribution is -2.06. The number of benzene rings is 1. The number of hydrogen-bond acceptors (Lipinski definition) is 3. The van der Waals surface area contributed by atoms with E-state index in [9.17, 15) is 18.3 Å². The first kappa shape index (κ1) is 15.4. The number of phenolic OH excluding ortho intramolecular Hbond substituents is 1. The van der Waals surface area contributed by atoms with Gasteiger partial charge in [-0.2, -0.15) is 13.2 Å². The molecule has 1 aromatic heterocycles. The van der Waals surface area contributed by atoms with Crippen molar-refractivity contribution >= 4 is 27.3 Å². The first-order valence-corrected chi connectivity index (χ1v) is 6.54. The van der Waals surface area contributed by atoms with Gasteiger partial charge in [0.1, 0.15) is 5.75 Å². The molecule has 1 heterocycles. The fourth-order valence-corrected chi connectivity index (χ4v) is 2.15. The highest BCUT2D eigenvalue weighted by Gasteiger charge is 2.31. The van der Waals surface area contributed by atoms with Gasteiger partial charge in [-0.15, -0.1) is 0 Å². The summed E-state index contributed by atoms with van der Waals surface area (Å²) in [6, 6.07) is 4.27. The minimum absolute atomic E-state index is 0.0708. The molecule has 110 valence electrons. The van der Waals surface area contributed by atoms with Gasteiger partial charge in [-0.05, 0) is 40.2 Å². The second-order valence-electron chi connectivity index (χ2n) is 4.19. The number of pyridine rings is 1. The second-order valence-corrected chi connectivity index (χ2v) is 5.04. The molecular weight excluding hydrogens is 349 g/mol. The molecule has 0 fully saturated rings. The lowest BCUT2D eigenvalue weighted by Gasteiger charge is -2.14. The quantitative estimate of drug-likeness (QED) is 0.784. The van der Waals surface area contributed by atoms with Crippen LogP contribution in [-0.4, -0.2) is 10.1 Å². The zero-order valence-corrected chi connectivity index (χ0v) is 12.2. The zero-order chi connectivity index (χ0) is 15.6. The number of aromatic hydroxyl groups is 1. The highest BCUT2D eigenvalue weighted by Crippen LogP contribution is 2.36. The number of hydrogen-bond donors (Lipinski definition) is 2. The predicted molar refractivity (Wildman–Crippen MR) is 77.7 cm³/mol. The van der Waals surface area contributed by atoms with E-state index in [1.807, 2.05) is 0 Å². The highest BCUT2D eigenvalue weighted by atomic mass is 79.9. The van der Waals surface area contributed by atoms with E-state index < -0.39 is 11.7 Å². The van der Waals surface area contributed by atoms with Crippen molar-refractivity contribution in [3.63, 3.8) is 0 Å². The molecule has 3 nitrogen and oxygen atoms in total. The summed E-state index contributed by atoms with van der Waals surface area (Å²) in [5, 5.41) is 12.3. The van der Waals surface area contributed by atoms with Crippen LogP contribution in [0.2, 0.25) is 0 Å². The molecule has 0 amide bonds. The normalized spacial score (nSPS) is 11.2. The Bertz CT molecular complexity index is 686. The van der Waals surface area contributed by atoms with Gasteiger partial charge < -0.3 is 10.4 Å². The van der Waals surface area contributed by atoms with Crippen LogP contribution in [0.4, 0.5) is 18.9 Å². The maximum absolute atomic E-state index is 12.7. The van der Waals surface area contributed by atoms with Gasteiger partial charge in [0.2, 0.25) is 0 Å². The van der Waals surface area contributed by atoms with Gasteiger partial charge in [0.25, 0.3) is 0 Å². The van der Waals surface area contributed by atoms with E-state index in [1.165, 1.54) is 12.4 Å². The van der Waals surface area contributed by atoms with Crippen LogP contribution in [0.3, 0.4) is 0 Å². The van der Waals surface area contributed by atoms with E-state index in [0.29, 0.717) is 15.7 Å². The molecule has 0 saturated carbocycles. The van der Waals surface area contributed by atoms with E-state index in [0.717, 1.165) is 18.2 Å². The molecule has 0 atom stereocenters. The fourth-order valence-electron chi connectivity index (χ4n) is 1.66. The van der Waals surface area contributed by atoms with Crippen LogP contribution in [0.25, 0.3) is 5.70 Å².